The Morgan fingerprint density at radius 2 is 1.82 bits per heavy atom. The van der Waals surface area contributed by atoms with Crippen LogP contribution in [0.2, 0.25) is 0 Å². The van der Waals surface area contributed by atoms with Crippen LogP contribution < -0.4 is 5.32 Å². The molecule has 0 radical (unpaired) electrons. The van der Waals surface area contributed by atoms with Gasteiger partial charge in [0.25, 0.3) is 0 Å². The number of rotatable bonds is 2. The number of benzene rings is 1. The van der Waals surface area contributed by atoms with Gasteiger partial charge in [0.15, 0.2) is 11.6 Å². The number of allylic oxidation sites excluding steroid dienone is 1. The van der Waals surface area contributed by atoms with Gasteiger partial charge in [0.2, 0.25) is 0 Å². The molecule has 1 N–H and O–H groups in total. The average Bonchev–Trinajstić information content (AvgIpc) is 2.35. The molecule has 0 atom stereocenters. The van der Waals surface area contributed by atoms with E-state index in [4.69, 9.17) is 15.8 Å². The highest BCUT2D eigenvalue weighted by molar-refractivity contribution is 5.60. The summed E-state index contributed by atoms with van der Waals surface area (Å²) in [6, 6.07) is 6.61. The standard InChI is InChI=1S/C11H4F2N4/c12-9-1-2-10(8(5-16)11(9)13)17-6-7(3-14)4-15/h1-2,6,17H. The van der Waals surface area contributed by atoms with Crippen molar-refractivity contribution in [2.45, 2.75) is 0 Å². The quantitative estimate of drug-likeness (QED) is 0.789. The van der Waals surface area contributed by atoms with E-state index in [9.17, 15) is 8.78 Å². The molecule has 0 aliphatic heterocycles. The van der Waals surface area contributed by atoms with Crippen LogP contribution in [0.5, 0.6) is 0 Å². The monoisotopic (exact) mass is 230 g/mol. The fourth-order valence-electron chi connectivity index (χ4n) is 1.02. The van der Waals surface area contributed by atoms with Gasteiger partial charge in [0, 0.05) is 6.20 Å². The van der Waals surface area contributed by atoms with Gasteiger partial charge in [-0.2, -0.15) is 15.8 Å². The molecule has 0 aromatic heterocycles. The lowest BCUT2D eigenvalue weighted by Gasteiger charge is -2.04. The second-order valence-corrected chi connectivity index (χ2v) is 2.82. The van der Waals surface area contributed by atoms with Crippen molar-refractivity contribution in [2.75, 3.05) is 5.32 Å². The third-order valence-electron chi connectivity index (χ3n) is 1.82. The van der Waals surface area contributed by atoms with Gasteiger partial charge in [-0.25, -0.2) is 8.78 Å². The molecular formula is C11H4F2N4. The van der Waals surface area contributed by atoms with E-state index in [0.717, 1.165) is 18.3 Å². The molecule has 1 aromatic rings. The Morgan fingerprint density at radius 1 is 1.18 bits per heavy atom. The zero-order valence-electron chi connectivity index (χ0n) is 8.33. The van der Waals surface area contributed by atoms with Gasteiger partial charge < -0.3 is 5.32 Å². The largest absolute Gasteiger partial charge is 0.359 e. The van der Waals surface area contributed by atoms with Crippen molar-refractivity contribution in [3.05, 3.63) is 41.1 Å². The number of halogens is 2. The van der Waals surface area contributed by atoms with Gasteiger partial charge in [-0.15, -0.1) is 0 Å². The second-order valence-electron chi connectivity index (χ2n) is 2.82. The Kier molecular flexibility index (Phi) is 3.76. The first-order valence-corrected chi connectivity index (χ1v) is 4.29. The Labute approximate surface area is 95.6 Å². The van der Waals surface area contributed by atoms with Crippen LogP contribution >= 0.6 is 0 Å². The lowest BCUT2D eigenvalue weighted by molar-refractivity contribution is 0.507. The average molecular weight is 230 g/mol. The highest BCUT2D eigenvalue weighted by atomic mass is 19.2. The summed E-state index contributed by atoms with van der Waals surface area (Å²) in [7, 11) is 0. The van der Waals surface area contributed by atoms with Crippen LogP contribution in [0.4, 0.5) is 14.5 Å². The maximum absolute atomic E-state index is 13.2. The molecule has 4 nitrogen and oxygen atoms in total. The molecule has 1 rings (SSSR count). The third kappa shape index (κ3) is 2.56. The first-order chi connectivity index (χ1) is 8.13. The lowest BCUT2D eigenvalue weighted by atomic mass is 10.1. The molecule has 0 heterocycles. The minimum absolute atomic E-state index is 0.0191. The first kappa shape index (κ1) is 12.2. The Hall–Kier alpha value is -2.91. The smallest absolute Gasteiger partial charge is 0.178 e. The maximum Gasteiger partial charge on any atom is 0.178 e. The van der Waals surface area contributed by atoms with Gasteiger partial charge in [0.1, 0.15) is 29.3 Å². The van der Waals surface area contributed by atoms with Gasteiger partial charge in [-0.05, 0) is 12.1 Å². The molecule has 0 saturated carbocycles. The SMILES string of the molecule is N#CC(C#N)=CNc1ccc(F)c(F)c1C#N. The summed E-state index contributed by atoms with van der Waals surface area (Å²) in [6.07, 6.45) is 1.01. The maximum atomic E-state index is 13.2. The van der Waals surface area contributed by atoms with E-state index < -0.39 is 17.2 Å². The minimum atomic E-state index is -1.28. The summed E-state index contributed by atoms with van der Waals surface area (Å²) in [5.41, 5.74) is -0.787. The van der Waals surface area contributed by atoms with Crippen LogP contribution in [0.25, 0.3) is 0 Å². The molecule has 17 heavy (non-hydrogen) atoms. The van der Waals surface area contributed by atoms with Crippen molar-refractivity contribution in [1.82, 2.24) is 0 Å². The molecule has 0 aliphatic carbocycles. The van der Waals surface area contributed by atoms with Crippen LogP contribution in [0.1, 0.15) is 5.56 Å². The summed E-state index contributed by atoms with van der Waals surface area (Å²) in [4.78, 5) is 0. The second kappa shape index (κ2) is 5.25. The van der Waals surface area contributed by atoms with Crippen LogP contribution in [0, 0.1) is 45.6 Å². The van der Waals surface area contributed by atoms with Crippen LogP contribution in [0.15, 0.2) is 23.9 Å². The molecule has 0 bridgehead atoms. The van der Waals surface area contributed by atoms with Crippen LogP contribution in [0.3, 0.4) is 0 Å². The molecule has 6 heteroatoms. The van der Waals surface area contributed by atoms with Crippen molar-refractivity contribution in [1.29, 1.82) is 15.8 Å². The molecule has 0 unspecified atom stereocenters. The van der Waals surface area contributed by atoms with Gasteiger partial charge in [-0.3, -0.25) is 0 Å². The fraction of sp³-hybridized carbons (Fsp3) is 0. The topological polar surface area (TPSA) is 83.4 Å². The lowest BCUT2D eigenvalue weighted by Crippen LogP contribution is -1.98. The zero-order chi connectivity index (χ0) is 12.8. The molecule has 82 valence electrons. The van der Waals surface area contributed by atoms with E-state index in [1.807, 2.05) is 0 Å². The van der Waals surface area contributed by atoms with Crippen molar-refractivity contribution >= 4 is 5.69 Å². The Balaban J connectivity index is 3.16. The van der Waals surface area contributed by atoms with Gasteiger partial charge in [-0.1, -0.05) is 0 Å². The number of nitriles is 3. The summed E-state index contributed by atoms with van der Waals surface area (Å²) in [5.74, 6) is -2.42. The summed E-state index contributed by atoms with van der Waals surface area (Å²) in [5, 5.41) is 28.0. The normalized spacial score (nSPS) is 8.41. The number of anilines is 1. The van der Waals surface area contributed by atoms with E-state index in [2.05, 4.69) is 5.32 Å². The molecule has 0 spiro atoms. The number of nitrogens with one attached hydrogen (secondary N) is 1. The predicted octanol–water partition coefficient (Wildman–Crippen LogP) is 2.18. The van der Waals surface area contributed by atoms with E-state index >= 15 is 0 Å². The molecule has 0 fully saturated rings. The summed E-state index contributed by atoms with van der Waals surface area (Å²) >= 11 is 0. The number of hydrogen-bond acceptors (Lipinski definition) is 4. The molecular weight excluding hydrogens is 226 g/mol. The van der Waals surface area contributed by atoms with E-state index in [1.165, 1.54) is 6.07 Å². The van der Waals surface area contributed by atoms with Crippen molar-refractivity contribution in [3.63, 3.8) is 0 Å². The zero-order valence-corrected chi connectivity index (χ0v) is 8.33. The Morgan fingerprint density at radius 3 is 2.35 bits per heavy atom. The van der Waals surface area contributed by atoms with Crippen LogP contribution in [-0.2, 0) is 0 Å². The minimum Gasteiger partial charge on any atom is -0.359 e. The van der Waals surface area contributed by atoms with E-state index in [1.54, 1.807) is 12.1 Å². The fourth-order valence-corrected chi connectivity index (χ4v) is 1.02. The van der Waals surface area contributed by atoms with Gasteiger partial charge in [0.05, 0.1) is 5.69 Å². The molecule has 0 amide bonds. The number of nitrogens with zero attached hydrogens (tertiary/aromatic N) is 3. The summed E-state index contributed by atoms with van der Waals surface area (Å²) in [6.45, 7) is 0. The van der Waals surface area contributed by atoms with Crippen molar-refractivity contribution in [3.8, 4) is 18.2 Å². The third-order valence-corrected chi connectivity index (χ3v) is 1.82. The van der Waals surface area contributed by atoms with Crippen molar-refractivity contribution < 1.29 is 8.78 Å². The van der Waals surface area contributed by atoms with E-state index in [0.29, 0.717) is 0 Å². The highest BCUT2D eigenvalue weighted by Crippen LogP contribution is 2.20. The number of hydrogen-bond donors (Lipinski definition) is 1. The summed E-state index contributed by atoms with van der Waals surface area (Å²) < 4.78 is 26.0. The molecule has 0 saturated heterocycles. The molecule has 1 aromatic carbocycles. The predicted molar refractivity (Wildman–Crippen MR) is 54.0 cm³/mol. The Bertz CT molecular complexity index is 584. The van der Waals surface area contributed by atoms with Crippen LogP contribution in [-0.4, -0.2) is 0 Å². The first-order valence-electron chi connectivity index (χ1n) is 4.29. The van der Waals surface area contributed by atoms with E-state index in [-0.39, 0.29) is 11.3 Å². The van der Waals surface area contributed by atoms with Crippen molar-refractivity contribution in [2.24, 2.45) is 0 Å². The molecule has 0 aliphatic rings. The highest BCUT2D eigenvalue weighted by Gasteiger charge is 2.12. The van der Waals surface area contributed by atoms with Gasteiger partial charge >= 0.3 is 0 Å².